The van der Waals surface area contributed by atoms with Crippen molar-refractivity contribution in [3.63, 3.8) is 0 Å². The Balaban J connectivity index is 3.23. The van der Waals surface area contributed by atoms with Crippen LogP contribution in [-0.2, 0) is 0 Å². The molecule has 0 radical (unpaired) electrons. The third-order valence-corrected chi connectivity index (χ3v) is 2.75. The SMILES string of the molecule is Cc1cc(C)c(C(N)CCO)c(C)c1F. The third kappa shape index (κ3) is 2.36. The summed E-state index contributed by atoms with van der Waals surface area (Å²) in [6.45, 7) is 5.43. The van der Waals surface area contributed by atoms with Crippen molar-refractivity contribution in [2.75, 3.05) is 6.61 Å². The molecule has 0 aliphatic heterocycles. The molecule has 2 nitrogen and oxygen atoms in total. The van der Waals surface area contributed by atoms with Gasteiger partial charge >= 0.3 is 0 Å². The Morgan fingerprint density at radius 3 is 2.47 bits per heavy atom. The van der Waals surface area contributed by atoms with Gasteiger partial charge in [0.15, 0.2) is 0 Å². The summed E-state index contributed by atoms with van der Waals surface area (Å²) >= 11 is 0. The summed E-state index contributed by atoms with van der Waals surface area (Å²) < 4.78 is 13.7. The molecule has 0 heterocycles. The molecule has 1 rings (SSSR count). The number of aryl methyl sites for hydroxylation is 2. The predicted molar refractivity (Wildman–Crippen MR) is 59.2 cm³/mol. The highest BCUT2D eigenvalue weighted by Gasteiger charge is 2.15. The van der Waals surface area contributed by atoms with E-state index in [-0.39, 0.29) is 18.5 Å². The lowest BCUT2D eigenvalue weighted by Crippen LogP contribution is -2.16. The number of aliphatic hydroxyl groups is 1. The molecule has 0 amide bonds. The number of rotatable bonds is 3. The van der Waals surface area contributed by atoms with Gasteiger partial charge in [-0.15, -0.1) is 0 Å². The van der Waals surface area contributed by atoms with Crippen LogP contribution in [0.3, 0.4) is 0 Å². The molecule has 0 fully saturated rings. The Bertz CT molecular complexity index is 363. The summed E-state index contributed by atoms with van der Waals surface area (Å²) in [6, 6.07) is 1.51. The molecule has 0 spiro atoms. The average Bonchev–Trinajstić information content (AvgIpc) is 2.15. The maximum absolute atomic E-state index is 13.7. The molecule has 0 aromatic heterocycles. The summed E-state index contributed by atoms with van der Waals surface area (Å²) in [5.74, 6) is -0.191. The quantitative estimate of drug-likeness (QED) is 0.804. The molecule has 1 aromatic rings. The van der Waals surface area contributed by atoms with E-state index >= 15 is 0 Å². The number of hydrogen-bond donors (Lipinski definition) is 2. The molecule has 1 unspecified atom stereocenters. The second kappa shape index (κ2) is 4.73. The van der Waals surface area contributed by atoms with Crippen LogP contribution in [0.15, 0.2) is 6.07 Å². The first-order valence-corrected chi connectivity index (χ1v) is 5.11. The zero-order chi connectivity index (χ0) is 11.6. The van der Waals surface area contributed by atoms with Crippen LogP contribution in [-0.4, -0.2) is 11.7 Å². The summed E-state index contributed by atoms with van der Waals surface area (Å²) in [6.07, 6.45) is 0.462. The standard InChI is InChI=1S/C12H18FNO/c1-7-6-8(2)12(13)9(3)11(7)10(14)4-5-15/h6,10,15H,4-5,14H2,1-3H3. The average molecular weight is 211 g/mol. The van der Waals surface area contributed by atoms with Gasteiger partial charge in [0.25, 0.3) is 0 Å². The number of hydrogen-bond acceptors (Lipinski definition) is 2. The second-order valence-corrected chi connectivity index (χ2v) is 3.98. The molecule has 3 heteroatoms. The molecule has 0 saturated carbocycles. The van der Waals surface area contributed by atoms with Crippen LogP contribution >= 0.6 is 0 Å². The Hall–Kier alpha value is -0.930. The van der Waals surface area contributed by atoms with Crippen molar-refractivity contribution < 1.29 is 9.50 Å². The van der Waals surface area contributed by atoms with Crippen LogP contribution < -0.4 is 5.73 Å². The van der Waals surface area contributed by atoms with E-state index in [2.05, 4.69) is 0 Å². The van der Waals surface area contributed by atoms with E-state index in [0.29, 0.717) is 17.5 Å². The van der Waals surface area contributed by atoms with Crippen LogP contribution in [0.25, 0.3) is 0 Å². The van der Waals surface area contributed by atoms with Crippen molar-refractivity contribution >= 4 is 0 Å². The van der Waals surface area contributed by atoms with Gasteiger partial charge in [-0.2, -0.15) is 0 Å². The minimum atomic E-state index is -0.287. The second-order valence-electron chi connectivity index (χ2n) is 3.98. The highest BCUT2D eigenvalue weighted by molar-refractivity contribution is 5.40. The molecule has 84 valence electrons. The number of halogens is 1. The highest BCUT2D eigenvalue weighted by atomic mass is 19.1. The Morgan fingerprint density at radius 2 is 1.93 bits per heavy atom. The highest BCUT2D eigenvalue weighted by Crippen LogP contribution is 2.26. The van der Waals surface area contributed by atoms with E-state index < -0.39 is 0 Å². The van der Waals surface area contributed by atoms with E-state index in [1.807, 2.05) is 6.92 Å². The Kier molecular flexibility index (Phi) is 3.83. The first-order chi connectivity index (χ1) is 6.99. The maximum atomic E-state index is 13.7. The Morgan fingerprint density at radius 1 is 1.33 bits per heavy atom. The van der Waals surface area contributed by atoms with Crippen LogP contribution in [0.4, 0.5) is 4.39 Å². The molecule has 0 saturated heterocycles. The molecule has 0 aliphatic carbocycles. The summed E-state index contributed by atoms with van der Waals surface area (Å²) in [5, 5.41) is 8.83. The molecular weight excluding hydrogens is 193 g/mol. The van der Waals surface area contributed by atoms with E-state index in [1.165, 1.54) is 0 Å². The molecule has 15 heavy (non-hydrogen) atoms. The predicted octanol–water partition coefficient (Wildman–Crippen LogP) is 2.13. The lowest BCUT2D eigenvalue weighted by Gasteiger charge is -2.18. The van der Waals surface area contributed by atoms with Gasteiger partial charge in [-0.3, -0.25) is 0 Å². The van der Waals surface area contributed by atoms with Gasteiger partial charge in [0.1, 0.15) is 5.82 Å². The minimum Gasteiger partial charge on any atom is -0.396 e. The number of aliphatic hydroxyl groups excluding tert-OH is 1. The molecule has 0 aliphatic rings. The van der Waals surface area contributed by atoms with Gasteiger partial charge in [-0.1, -0.05) is 6.07 Å². The number of nitrogens with two attached hydrogens (primary N) is 1. The van der Waals surface area contributed by atoms with E-state index in [4.69, 9.17) is 10.8 Å². The van der Waals surface area contributed by atoms with E-state index in [0.717, 1.165) is 11.1 Å². The monoisotopic (exact) mass is 211 g/mol. The van der Waals surface area contributed by atoms with Crippen molar-refractivity contribution in [2.45, 2.75) is 33.2 Å². The minimum absolute atomic E-state index is 0.0234. The molecule has 1 aromatic carbocycles. The summed E-state index contributed by atoms with van der Waals surface area (Å²) in [7, 11) is 0. The Labute approximate surface area is 89.9 Å². The molecular formula is C12H18FNO. The van der Waals surface area contributed by atoms with Gasteiger partial charge in [0.2, 0.25) is 0 Å². The van der Waals surface area contributed by atoms with Crippen LogP contribution in [0.2, 0.25) is 0 Å². The fraction of sp³-hybridized carbons (Fsp3) is 0.500. The van der Waals surface area contributed by atoms with Gasteiger partial charge < -0.3 is 10.8 Å². The van der Waals surface area contributed by atoms with Crippen LogP contribution in [0.1, 0.15) is 34.7 Å². The first-order valence-electron chi connectivity index (χ1n) is 5.11. The van der Waals surface area contributed by atoms with Crippen molar-refractivity contribution in [1.82, 2.24) is 0 Å². The van der Waals surface area contributed by atoms with E-state index in [1.54, 1.807) is 19.9 Å². The molecule has 3 N–H and O–H groups in total. The fourth-order valence-electron chi connectivity index (χ4n) is 2.03. The lowest BCUT2D eigenvalue weighted by molar-refractivity contribution is 0.276. The molecule has 0 bridgehead atoms. The summed E-state index contributed by atoms with van der Waals surface area (Å²) in [5.41, 5.74) is 8.97. The maximum Gasteiger partial charge on any atom is 0.129 e. The largest absolute Gasteiger partial charge is 0.396 e. The smallest absolute Gasteiger partial charge is 0.129 e. The zero-order valence-corrected chi connectivity index (χ0v) is 9.47. The van der Waals surface area contributed by atoms with Gasteiger partial charge in [-0.05, 0) is 49.4 Å². The van der Waals surface area contributed by atoms with Gasteiger partial charge in [0, 0.05) is 12.6 Å². The van der Waals surface area contributed by atoms with E-state index in [9.17, 15) is 4.39 Å². The van der Waals surface area contributed by atoms with Crippen molar-refractivity contribution in [1.29, 1.82) is 0 Å². The van der Waals surface area contributed by atoms with Crippen LogP contribution in [0.5, 0.6) is 0 Å². The van der Waals surface area contributed by atoms with Gasteiger partial charge in [0.05, 0.1) is 0 Å². The third-order valence-electron chi connectivity index (χ3n) is 2.75. The molecule has 1 atom stereocenters. The lowest BCUT2D eigenvalue weighted by atomic mass is 9.92. The van der Waals surface area contributed by atoms with Crippen molar-refractivity contribution in [2.24, 2.45) is 5.73 Å². The zero-order valence-electron chi connectivity index (χ0n) is 9.47. The normalized spacial score (nSPS) is 12.9. The number of benzene rings is 1. The first kappa shape index (κ1) is 12.1. The topological polar surface area (TPSA) is 46.2 Å². The van der Waals surface area contributed by atoms with Crippen LogP contribution in [0, 0.1) is 26.6 Å². The van der Waals surface area contributed by atoms with Gasteiger partial charge in [-0.25, -0.2) is 4.39 Å². The van der Waals surface area contributed by atoms with Crippen molar-refractivity contribution in [3.8, 4) is 0 Å². The fourth-order valence-corrected chi connectivity index (χ4v) is 2.03. The summed E-state index contributed by atoms with van der Waals surface area (Å²) in [4.78, 5) is 0. The van der Waals surface area contributed by atoms with Crippen molar-refractivity contribution in [3.05, 3.63) is 34.1 Å².